The predicted molar refractivity (Wildman–Crippen MR) is 77.9 cm³/mol. The summed E-state index contributed by atoms with van der Waals surface area (Å²) in [5.41, 5.74) is 0.945. The number of carboxylic acid groups (broad SMARTS) is 1. The number of aromatic nitrogens is 1. The smallest absolute Gasteiger partial charge is 0.320 e. The molecule has 1 heterocycles. The molecule has 2 amide bonds. The molecule has 114 valence electrons. The second kappa shape index (κ2) is 7.06. The maximum absolute atomic E-state index is 12.4. The Morgan fingerprint density at radius 3 is 2.67 bits per heavy atom. The lowest BCUT2D eigenvalue weighted by atomic mass is 10.2. The Labute approximate surface area is 124 Å². The van der Waals surface area contributed by atoms with Crippen molar-refractivity contribution in [3.8, 4) is 0 Å². The van der Waals surface area contributed by atoms with Gasteiger partial charge in [-0.25, -0.2) is 4.79 Å². The highest BCUT2D eigenvalue weighted by Gasteiger charge is 2.34. The molecule has 0 radical (unpaired) electrons. The van der Waals surface area contributed by atoms with Gasteiger partial charge in [-0.3, -0.25) is 9.78 Å². The lowest BCUT2D eigenvalue weighted by Crippen LogP contribution is -2.44. The van der Waals surface area contributed by atoms with Crippen LogP contribution in [0.1, 0.15) is 25.0 Å². The van der Waals surface area contributed by atoms with Gasteiger partial charge in [0.05, 0.1) is 6.42 Å². The molecule has 1 aliphatic carbocycles. The molecule has 0 aromatic carbocycles. The summed E-state index contributed by atoms with van der Waals surface area (Å²) < 4.78 is 0. The molecule has 0 spiro atoms. The number of likely N-dealkylation sites (N-methyl/N-ethyl adjacent to an activating group) is 1. The molecule has 1 aromatic heterocycles. The fourth-order valence-electron chi connectivity index (χ4n) is 2.18. The van der Waals surface area contributed by atoms with E-state index in [1.54, 1.807) is 23.0 Å². The molecule has 0 saturated heterocycles. The minimum Gasteiger partial charge on any atom is -0.481 e. The number of hydrogen-bond acceptors (Lipinski definition) is 3. The van der Waals surface area contributed by atoms with Crippen LogP contribution in [0.2, 0.25) is 0 Å². The second-order valence-electron chi connectivity index (χ2n) is 5.34. The third-order valence-corrected chi connectivity index (χ3v) is 3.56. The molecule has 6 nitrogen and oxygen atoms in total. The van der Waals surface area contributed by atoms with Crippen LogP contribution in [0.5, 0.6) is 0 Å². The molecule has 0 bridgehead atoms. The van der Waals surface area contributed by atoms with E-state index in [1.807, 2.05) is 18.2 Å². The summed E-state index contributed by atoms with van der Waals surface area (Å²) in [5, 5.41) is 8.78. The number of carbonyl (C=O) groups is 2. The quantitative estimate of drug-likeness (QED) is 0.828. The van der Waals surface area contributed by atoms with Crippen molar-refractivity contribution in [1.29, 1.82) is 0 Å². The molecule has 2 rings (SSSR count). The van der Waals surface area contributed by atoms with E-state index in [-0.39, 0.29) is 25.0 Å². The van der Waals surface area contributed by atoms with Gasteiger partial charge < -0.3 is 14.9 Å². The van der Waals surface area contributed by atoms with Crippen LogP contribution < -0.4 is 0 Å². The average Bonchev–Trinajstić information content (AvgIpc) is 3.30. The first-order valence-electron chi connectivity index (χ1n) is 7.21. The zero-order valence-corrected chi connectivity index (χ0v) is 12.2. The topological polar surface area (TPSA) is 73.7 Å². The molecular weight excluding hydrogens is 270 g/mol. The average molecular weight is 291 g/mol. The summed E-state index contributed by atoms with van der Waals surface area (Å²) in [7, 11) is 1.75. The molecule has 0 unspecified atom stereocenters. The lowest BCUT2D eigenvalue weighted by Gasteiger charge is -2.27. The maximum Gasteiger partial charge on any atom is 0.320 e. The van der Waals surface area contributed by atoms with Crippen LogP contribution in [0.4, 0.5) is 4.79 Å². The number of aliphatic carboxylic acids is 1. The predicted octanol–water partition coefficient (Wildman–Crippen LogP) is 1.62. The van der Waals surface area contributed by atoms with Crippen molar-refractivity contribution in [1.82, 2.24) is 14.8 Å². The highest BCUT2D eigenvalue weighted by atomic mass is 16.4. The van der Waals surface area contributed by atoms with E-state index in [4.69, 9.17) is 5.11 Å². The third kappa shape index (κ3) is 4.73. The lowest BCUT2D eigenvalue weighted by molar-refractivity contribution is -0.137. The number of nitrogens with zero attached hydrogens (tertiary/aromatic N) is 3. The van der Waals surface area contributed by atoms with Crippen molar-refractivity contribution in [2.24, 2.45) is 0 Å². The van der Waals surface area contributed by atoms with Gasteiger partial charge in [-0.05, 0) is 25.0 Å². The van der Waals surface area contributed by atoms with E-state index in [1.165, 1.54) is 0 Å². The SMILES string of the molecule is CN(CCc1ccccn1)C(=O)N(CCC(=O)O)C1CC1. The fraction of sp³-hybridized carbons (Fsp3) is 0.533. The van der Waals surface area contributed by atoms with E-state index in [2.05, 4.69) is 4.98 Å². The minimum absolute atomic E-state index is 0.00365. The van der Waals surface area contributed by atoms with Gasteiger partial charge in [0, 0.05) is 44.5 Å². The van der Waals surface area contributed by atoms with E-state index in [0.717, 1.165) is 18.5 Å². The molecule has 1 saturated carbocycles. The van der Waals surface area contributed by atoms with E-state index in [9.17, 15) is 9.59 Å². The monoisotopic (exact) mass is 291 g/mol. The molecule has 0 atom stereocenters. The zero-order chi connectivity index (χ0) is 15.2. The van der Waals surface area contributed by atoms with E-state index in [0.29, 0.717) is 13.0 Å². The third-order valence-electron chi connectivity index (χ3n) is 3.56. The first kappa shape index (κ1) is 15.3. The van der Waals surface area contributed by atoms with Gasteiger partial charge in [-0.15, -0.1) is 0 Å². The van der Waals surface area contributed by atoms with Gasteiger partial charge in [0.25, 0.3) is 0 Å². The van der Waals surface area contributed by atoms with Gasteiger partial charge in [0.2, 0.25) is 0 Å². The first-order valence-corrected chi connectivity index (χ1v) is 7.21. The molecular formula is C15H21N3O3. The van der Waals surface area contributed by atoms with Crippen molar-refractivity contribution < 1.29 is 14.7 Å². The molecule has 0 aliphatic heterocycles. The van der Waals surface area contributed by atoms with Gasteiger partial charge in [-0.2, -0.15) is 0 Å². The summed E-state index contributed by atoms with van der Waals surface area (Å²) >= 11 is 0. The number of pyridine rings is 1. The second-order valence-corrected chi connectivity index (χ2v) is 5.34. The Kier molecular flexibility index (Phi) is 5.14. The first-order chi connectivity index (χ1) is 10.1. The van der Waals surface area contributed by atoms with Crippen molar-refractivity contribution in [3.63, 3.8) is 0 Å². The maximum atomic E-state index is 12.4. The Hall–Kier alpha value is -2.11. The molecule has 1 aromatic rings. The van der Waals surface area contributed by atoms with Crippen molar-refractivity contribution in [2.75, 3.05) is 20.1 Å². The number of amides is 2. The van der Waals surface area contributed by atoms with E-state index >= 15 is 0 Å². The summed E-state index contributed by atoms with van der Waals surface area (Å²) in [4.78, 5) is 30.7. The summed E-state index contributed by atoms with van der Waals surface area (Å²) in [6.07, 6.45) is 4.37. The largest absolute Gasteiger partial charge is 0.481 e. The van der Waals surface area contributed by atoms with Crippen LogP contribution in [0.25, 0.3) is 0 Å². The van der Waals surface area contributed by atoms with Crippen LogP contribution in [-0.4, -0.2) is 58.1 Å². The van der Waals surface area contributed by atoms with Crippen molar-refractivity contribution in [2.45, 2.75) is 31.7 Å². The number of urea groups is 1. The van der Waals surface area contributed by atoms with Crippen molar-refractivity contribution in [3.05, 3.63) is 30.1 Å². The van der Waals surface area contributed by atoms with Crippen LogP contribution in [0.15, 0.2) is 24.4 Å². The van der Waals surface area contributed by atoms with Crippen LogP contribution in [0, 0.1) is 0 Å². The van der Waals surface area contributed by atoms with Crippen LogP contribution >= 0.6 is 0 Å². The van der Waals surface area contributed by atoms with E-state index < -0.39 is 5.97 Å². The van der Waals surface area contributed by atoms with Gasteiger partial charge in [0.15, 0.2) is 0 Å². The standard InChI is InChI=1S/C15H21N3O3/c1-17(10-7-12-4-2-3-9-16-12)15(21)18(13-5-6-13)11-8-14(19)20/h2-4,9,13H,5-8,10-11H2,1H3,(H,19,20). The van der Waals surface area contributed by atoms with Crippen LogP contribution in [0.3, 0.4) is 0 Å². The van der Waals surface area contributed by atoms with Crippen molar-refractivity contribution >= 4 is 12.0 Å². The van der Waals surface area contributed by atoms with Gasteiger partial charge in [0.1, 0.15) is 0 Å². The summed E-state index contributed by atoms with van der Waals surface area (Å²) in [5.74, 6) is -0.871. The van der Waals surface area contributed by atoms with Crippen LogP contribution in [-0.2, 0) is 11.2 Å². The molecule has 1 fully saturated rings. The number of carboxylic acids is 1. The zero-order valence-electron chi connectivity index (χ0n) is 12.2. The molecule has 1 aliphatic rings. The molecule has 1 N–H and O–H groups in total. The number of rotatable bonds is 7. The normalized spacial score (nSPS) is 13.8. The van der Waals surface area contributed by atoms with Gasteiger partial charge >= 0.3 is 12.0 Å². The Morgan fingerprint density at radius 2 is 2.10 bits per heavy atom. The number of hydrogen-bond donors (Lipinski definition) is 1. The molecule has 6 heteroatoms. The summed E-state index contributed by atoms with van der Waals surface area (Å²) in [6, 6.07) is 5.84. The Morgan fingerprint density at radius 1 is 1.33 bits per heavy atom. The Bertz CT molecular complexity index is 488. The molecule has 21 heavy (non-hydrogen) atoms. The Balaban J connectivity index is 1.85. The van der Waals surface area contributed by atoms with Gasteiger partial charge in [-0.1, -0.05) is 6.07 Å². The highest BCUT2D eigenvalue weighted by molar-refractivity contribution is 5.76. The fourth-order valence-corrected chi connectivity index (χ4v) is 2.18. The minimum atomic E-state index is -0.871. The highest BCUT2D eigenvalue weighted by Crippen LogP contribution is 2.27. The number of carbonyl (C=O) groups excluding carboxylic acids is 1. The summed E-state index contributed by atoms with van der Waals surface area (Å²) in [6.45, 7) is 0.860.